The Morgan fingerprint density at radius 1 is 1.28 bits per heavy atom. The molecule has 1 aliphatic rings. The van der Waals surface area contributed by atoms with Gasteiger partial charge in [-0.05, 0) is 30.9 Å². The zero-order valence-corrected chi connectivity index (χ0v) is 10.6. The van der Waals surface area contributed by atoms with Crippen molar-refractivity contribution in [3.8, 4) is 0 Å². The molecule has 0 amide bonds. The van der Waals surface area contributed by atoms with Gasteiger partial charge in [0, 0.05) is 11.8 Å². The van der Waals surface area contributed by atoms with Gasteiger partial charge < -0.3 is 4.98 Å². The molecule has 1 aromatic heterocycles. The number of aromatic amines is 1. The quantitative estimate of drug-likeness (QED) is 0.831. The molecule has 94 valence electrons. The molecule has 0 saturated heterocycles. The van der Waals surface area contributed by atoms with Gasteiger partial charge in [0.05, 0.1) is 15.9 Å². The standard InChI is InChI=1S/C14H13ClFNO/c15-9-5-6-10(16)14-13(9)12(18)7-11(17-14)8-3-1-2-4-8/h5-8H,1-4H2,(H,17,18). The molecule has 0 aliphatic heterocycles. The lowest BCUT2D eigenvalue weighted by Crippen LogP contribution is -2.09. The lowest BCUT2D eigenvalue weighted by Gasteiger charge is -2.11. The van der Waals surface area contributed by atoms with Crippen LogP contribution in [0.2, 0.25) is 5.02 Å². The van der Waals surface area contributed by atoms with E-state index in [9.17, 15) is 9.18 Å². The fourth-order valence-corrected chi connectivity index (χ4v) is 3.02. The van der Waals surface area contributed by atoms with Crippen molar-refractivity contribution in [3.63, 3.8) is 0 Å². The molecule has 0 atom stereocenters. The van der Waals surface area contributed by atoms with Gasteiger partial charge in [-0.25, -0.2) is 4.39 Å². The SMILES string of the molecule is O=c1cc(C2CCCC2)[nH]c2c(F)ccc(Cl)c12. The minimum absolute atomic E-state index is 0.199. The summed E-state index contributed by atoms with van der Waals surface area (Å²) in [5.41, 5.74) is 0.873. The maximum atomic E-state index is 13.8. The van der Waals surface area contributed by atoms with E-state index in [1.165, 1.54) is 25.0 Å². The summed E-state index contributed by atoms with van der Waals surface area (Å²) in [6, 6.07) is 4.28. The molecule has 1 aromatic carbocycles. The van der Waals surface area contributed by atoms with Crippen LogP contribution in [0.3, 0.4) is 0 Å². The van der Waals surface area contributed by atoms with Crippen LogP contribution in [0.25, 0.3) is 10.9 Å². The Morgan fingerprint density at radius 3 is 2.72 bits per heavy atom. The highest BCUT2D eigenvalue weighted by atomic mass is 35.5. The third-order valence-corrected chi connectivity index (χ3v) is 4.02. The molecule has 0 unspecified atom stereocenters. The molecule has 2 aromatic rings. The lowest BCUT2D eigenvalue weighted by atomic mass is 10.0. The molecule has 0 spiro atoms. The Bertz CT molecular complexity index is 659. The van der Waals surface area contributed by atoms with Crippen LogP contribution < -0.4 is 5.43 Å². The Morgan fingerprint density at radius 2 is 2.00 bits per heavy atom. The number of hydrogen-bond donors (Lipinski definition) is 1. The summed E-state index contributed by atoms with van der Waals surface area (Å²) in [6.07, 6.45) is 4.46. The van der Waals surface area contributed by atoms with E-state index in [4.69, 9.17) is 11.6 Å². The van der Waals surface area contributed by atoms with Gasteiger partial charge in [0.15, 0.2) is 5.43 Å². The molecule has 2 nitrogen and oxygen atoms in total. The number of nitrogens with one attached hydrogen (secondary N) is 1. The molecule has 1 heterocycles. The molecule has 18 heavy (non-hydrogen) atoms. The Labute approximate surface area is 109 Å². The van der Waals surface area contributed by atoms with Gasteiger partial charge >= 0.3 is 0 Å². The minimum Gasteiger partial charge on any atom is -0.356 e. The summed E-state index contributed by atoms with van der Waals surface area (Å²) in [7, 11) is 0. The smallest absolute Gasteiger partial charge is 0.191 e. The van der Waals surface area contributed by atoms with Crippen LogP contribution in [0.5, 0.6) is 0 Å². The van der Waals surface area contributed by atoms with Crippen molar-refractivity contribution in [1.29, 1.82) is 0 Å². The van der Waals surface area contributed by atoms with Crippen molar-refractivity contribution < 1.29 is 4.39 Å². The highest BCUT2D eigenvalue weighted by Crippen LogP contribution is 2.33. The van der Waals surface area contributed by atoms with Crippen molar-refractivity contribution in [2.75, 3.05) is 0 Å². The van der Waals surface area contributed by atoms with E-state index in [1.807, 2.05) is 0 Å². The Hall–Kier alpha value is -1.35. The van der Waals surface area contributed by atoms with E-state index in [2.05, 4.69) is 4.98 Å². The second-order valence-corrected chi connectivity index (χ2v) is 5.26. The summed E-state index contributed by atoms with van der Waals surface area (Å²) in [6.45, 7) is 0. The second kappa shape index (κ2) is 4.39. The van der Waals surface area contributed by atoms with Crippen LogP contribution in [0.4, 0.5) is 4.39 Å². The molecule has 0 radical (unpaired) electrons. The second-order valence-electron chi connectivity index (χ2n) is 4.85. The largest absolute Gasteiger partial charge is 0.356 e. The van der Waals surface area contributed by atoms with E-state index in [0.717, 1.165) is 18.5 Å². The average Bonchev–Trinajstić information content (AvgIpc) is 2.87. The van der Waals surface area contributed by atoms with E-state index < -0.39 is 5.82 Å². The van der Waals surface area contributed by atoms with E-state index in [0.29, 0.717) is 10.9 Å². The first kappa shape index (κ1) is 11.7. The van der Waals surface area contributed by atoms with Gasteiger partial charge in [-0.1, -0.05) is 24.4 Å². The third kappa shape index (κ3) is 1.83. The lowest BCUT2D eigenvalue weighted by molar-refractivity contribution is 0.633. The number of rotatable bonds is 1. The Balaban J connectivity index is 2.26. The average molecular weight is 266 g/mol. The zero-order valence-electron chi connectivity index (χ0n) is 9.80. The van der Waals surface area contributed by atoms with Crippen molar-refractivity contribution in [2.45, 2.75) is 31.6 Å². The zero-order chi connectivity index (χ0) is 12.7. The van der Waals surface area contributed by atoms with Gasteiger partial charge in [0.25, 0.3) is 0 Å². The fraction of sp³-hybridized carbons (Fsp3) is 0.357. The van der Waals surface area contributed by atoms with E-state index in [-0.39, 0.29) is 16.3 Å². The number of benzene rings is 1. The fourth-order valence-electron chi connectivity index (χ4n) is 2.77. The Kier molecular flexibility index (Phi) is 2.86. The summed E-state index contributed by atoms with van der Waals surface area (Å²) >= 11 is 5.96. The van der Waals surface area contributed by atoms with Crippen LogP contribution in [-0.4, -0.2) is 4.98 Å². The highest BCUT2D eigenvalue weighted by Gasteiger charge is 2.20. The maximum Gasteiger partial charge on any atom is 0.191 e. The topological polar surface area (TPSA) is 32.9 Å². The van der Waals surface area contributed by atoms with E-state index in [1.54, 1.807) is 6.07 Å². The van der Waals surface area contributed by atoms with Crippen molar-refractivity contribution >= 4 is 22.5 Å². The van der Waals surface area contributed by atoms with E-state index >= 15 is 0 Å². The van der Waals surface area contributed by atoms with Gasteiger partial charge in [0.2, 0.25) is 0 Å². The number of halogens is 2. The molecule has 0 bridgehead atoms. The highest BCUT2D eigenvalue weighted by molar-refractivity contribution is 6.35. The number of hydrogen-bond acceptors (Lipinski definition) is 1. The summed E-state index contributed by atoms with van der Waals surface area (Å²) in [4.78, 5) is 15.1. The predicted molar refractivity (Wildman–Crippen MR) is 70.7 cm³/mol. The van der Waals surface area contributed by atoms with Crippen molar-refractivity contribution in [3.05, 3.63) is 45.0 Å². The van der Waals surface area contributed by atoms with Gasteiger partial charge in [-0.2, -0.15) is 0 Å². The monoisotopic (exact) mass is 265 g/mol. The van der Waals surface area contributed by atoms with Crippen molar-refractivity contribution in [2.24, 2.45) is 0 Å². The van der Waals surface area contributed by atoms with Crippen LogP contribution >= 0.6 is 11.6 Å². The molecular formula is C14H13ClFNO. The first-order chi connectivity index (χ1) is 8.66. The van der Waals surface area contributed by atoms with Gasteiger partial charge in [-0.15, -0.1) is 0 Å². The molecule has 1 fully saturated rings. The van der Waals surface area contributed by atoms with Crippen LogP contribution in [0, 0.1) is 5.82 Å². The van der Waals surface area contributed by atoms with Crippen LogP contribution in [-0.2, 0) is 0 Å². The van der Waals surface area contributed by atoms with Crippen LogP contribution in [0.1, 0.15) is 37.3 Å². The minimum atomic E-state index is -0.425. The molecule has 1 aliphatic carbocycles. The first-order valence-corrected chi connectivity index (χ1v) is 6.55. The van der Waals surface area contributed by atoms with Gasteiger partial charge in [-0.3, -0.25) is 4.79 Å². The van der Waals surface area contributed by atoms with Crippen molar-refractivity contribution in [1.82, 2.24) is 4.98 Å². The number of aromatic nitrogens is 1. The first-order valence-electron chi connectivity index (χ1n) is 6.18. The third-order valence-electron chi connectivity index (χ3n) is 3.70. The normalized spacial score (nSPS) is 16.6. The number of fused-ring (bicyclic) bond motifs is 1. The maximum absolute atomic E-state index is 13.8. The molecule has 1 saturated carbocycles. The summed E-state index contributed by atoms with van der Waals surface area (Å²) < 4.78 is 13.8. The predicted octanol–water partition coefficient (Wildman–Crippen LogP) is 3.98. The molecular weight excluding hydrogens is 253 g/mol. The van der Waals surface area contributed by atoms with Gasteiger partial charge in [0.1, 0.15) is 5.82 Å². The number of pyridine rings is 1. The molecule has 4 heteroatoms. The van der Waals surface area contributed by atoms with Crippen LogP contribution in [0.15, 0.2) is 23.0 Å². The number of H-pyrrole nitrogens is 1. The molecule has 3 rings (SSSR count). The summed E-state index contributed by atoms with van der Waals surface area (Å²) in [5, 5.41) is 0.545. The summed E-state index contributed by atoms with van der Waals surface area (Å²) in [5.74, 6) is -0.0770. The molecule has 1 N–H and O–H groups in total.